The van der Waals surface area contributed by atoms with Crippen LogP contribution in [-0.4, -0.2) is 0 Å². The average molecular weight is 749 g/mol. The molecule has 14 rings (SSSR count). The molecular formula is C57H32O2. The van der Waals surface area contributed by atoms with Crippen LogP contribution in [0, 0.1) is 0 Å². The van der Waals surface area contributed by atoms with Crippen LogP contribution in [0.4, 0.5) is 0 Å². The van der Waals surface area contributed by atoms with Crippen molar-refractivity contribution in [3.63, 3.8) is 0 Å². The maximum absolute atomic E-state index is 6.52. The maximum atomic E-state index is 6.52. The van der Waals surface area contributed by atoms with Gasteiger partial charge in [0.15, 0.2) is 0 Å². The number of rotatable bonds is 2. The predicted octanol–water partition coefficient (Wildman–Crippen LogP) is 15.3. The van der Waals surface area contributed by atoms with Crippen molar-refractivity contribution in [2.75, 3.05) is 0 Å². The monoisotopic (exact) mass is 748 g/mol. The summed E-state index contributed by atoms with van der Waals surface area (Å²) in [4.78, 5) is 0. The summed E-state index contributed by atoms with van der Waals surface area (Å²) in [6, 6.07) is 71.5. The minimum atomic E-state index is -0.479. The molecule has 2 heterocycles. The van der Waals surface area contributed by atoms with Crippen LogP contribution in [0.15, 0.2) is 199 Å². The van der Waals surface area contributed by atoms with E-state index in [0.717, 1.165) is 44.6 Å². The Morgan fingerprint density at radius 1 is 0.305 bits per heavy atom. The fourth-order valence-corrected chi connectivity index (χ4v) is 11.0. The van der Waals surface area contributed by atoms with Crippen molar-refractivity contribution >= 4 is 43.5 Å². The second-order valence-corrected chi connectivity index (χ2v) is 16.3. The van der Waals surface area contributed by atoms with E-state index in [1.807, 2.05) is 12.1 Å². The number of para-hydroxylation sites is 1. The zero-order valence-electron chi connectivity index (χ0n) is 31.8. The normalized spacial score (nSPS) is 13.7. The van der Waals surface area contributed by atoms with Gasteiger partial charge in [-0.3, -0.25) is 0 Å². The van der Waals surface area contributed by atoms with Crippen LogP contribution < -0.4 is 4.74 Å². The highest BCUT2D eigenvalue weighted by Crippen LogP contribution is 2.64. The van der Waals surface area contributed by atoms with Gasteiger partial charge in [-0.15, -0.1) is 0 Å². The van der Waals surface area contributed by atoms with Gasteiger partial charge >= 0.3 is 0 Å². The minimum absolute atomic E-state index is 0.479. The highest BCUT2D eigenvalue weighted by atomic mass is 16.5. The smallest absolute Gasteiger partial charge is 0.136 e. The molecule has 0 fully saturated rings. The Balaban J connectivity index is 1.01. The quantitative estimate of drug-likeness (QED) is 0.176. The van der Waals surface area contributed by atoms with Crippen LogP contribution in [0.1, 0.15) is 22.3 Å². The first-order valence-corrected chi connectivity index (χ1v) is 20.4. The van der Waals surface area contributed by atoms with E-state index in [9.17, 15) is 0 Å². The third kappa shape index (κ3) is 4.05. The maximum Gasteiger partial charge on any atom is 0.136 e. The summed E-state index contributed by atoms with van der Waals surface area (Å²) in [6.07, 6.45) is 0. The lowest BCUT2D eigenvalue weighted by molar-refractivity contribution is 0.487. The zero-order chi connectivity index (χ0) is 38.4. The average Bonchev–Trinajstić information content (AvgIpc) is 3.91. The van der Waals surface area contributed by atoms with Crippen molar-refractivity contribution < 1.29 is 9.15 Å². The van der Waals surface area contributed by atoms with E-state index in [2.05, 4.69) is 182 Å². The fourth-order valence-electron chi connectivity index (χ4n) is 11.0. The molecule has 10 aromatic carbocycles. The van der Waals surface area contributed by atoms with Crippen molar-refractivity contribution in [1.82, 2.24) is 0 Å². The number of ether oxygens (including phenoxy) is 1. The minimum Gasteiger partial charge on any atom is -0.456 e. The van der Waals surface area contributed by atoms with Gasteiger partial charge in [0.1, 0.15) is 22.7 Å². The SMILES string of the molecule is c1ccc2c(c1)-c1ccccc1C21c2cc(-c3ccc4c(c3)-c3cccc5cccc(c35)O4)ccc2-c2cc3c(-c4ccc5c(c4)oc4ccccc45)cccc3cc21. The molecule has 1 spiro atoms. The zero-order valence-corrected chi connectivity index (χ0v) is 31.8. The van der Waals surface area contributed by atoms with Crippen LogP contribution in [0.25, 0.3) is 99.1 Å². The van der Waals surface area contributed by atoms with Gasteiger partial charge in [-0.1, -0.05) is 140 Å². The topological polar surface area (TPSA) is 22.4 Å². The molecule has 59 heavy (non-hydrogen) atoms. The molecule has 0 radical (unpaired) electrons. The van der Waals surface area contributed by atoms with E-state index in [4.69, 9.17) is 9.15 Å². The summed E-state index contributed by atoms with van der Waals surface area (Å²) >= 11 is 0. The van der Waals surface area contributed by atoms with Gasteiger partial charge in [0.05, 0.1) is 5.41 Å². The summed E-state index contributed by atoms with van der Waals surface area (Å²) in [5.74, 6) is 1.81. The fraction of sp³-hybridized carbons (Fsp3) is 0.0175. The Kier molecular flexibility index (Phi) is 5.99. The molecule has 0 unspecified atom stereocenters. The number of hydrogen-bond acceptors (Lipinski definition) is 2. The van der Waals surface area contributed by atoms with Crippen molar-refractivity contribution in [1.29, 1.82) is 0 Å². The van der Waals surface area contributed by atoms with Gasteiger partial charge < -0.3 is 9.15 Å². The lowest BCUT2D eigenvalue weighted by Crippen LogP contribution is -2.25. The van der Waals surface area contributed by atoms with Gasteiger partial charge in [0.25, 0.3) is 0 Å². The molecule has 0 N–H and O–H groups in total. The largest absolute Gasteiger partial charge is 0.456 e. The van der Waals surface area contributed by atoms with Gasteiger partial charge in [0.2, 0.25) is 0 Å². The molecule has 1 aliphatic heterocycles. The van der Waals surface area contributed by atoms with Gasteiger partial charge in [0, 0.05) is 21.7 Å². The standard InChI is InChI=1S/C57H32O2/c1-4-18-48-39(13-1)40-14-2-5-19-49(40)57(48)50-29-35(34-24-27-53-47(28-34)44-17-7-10-33-11-9-21-54(58-53)56(33)44)22-25-41(50)46-32-45-36(30-51(46)57)12-8-16-38(45)37-23-26-43-42-15-3-6-20-52(42)59-55(43)31-37/h1-32H. The molecule has 272 valence electrons. The number of hydrogen-bond donors (Lipinski definition) is 0. The predicted molar refractivity (Wildman–Crippen MR) is 241 cm³/mol. The molecule has 0 bridgehead atoms. The van der Waals surface area contributed by atoms with Gasteiger partial charge in [-0.05, 0) is 143 Å². The summed E-state index contributed by atoms with van der Waals surface area (Å²) in [7, 11) is 0. The third-order valence-corrected chi connectivity index (χ3v) is 13.5. The van der Waals surface area contributed by atoms with E-state index < -0.39 is 5.41 Å². The van der Waals surface area contributed by atoms with Crippen LogP contribution in [0.3, 0.4) is 0 Å². The third-order valence-electron chi connectivity index (χ3n) is 13.5. The first kappa shape index (κ1) is 31.4. The Labute approximate surface area is 340 Å². The van der Waals surface area contributed by atoms with Gasteiger partial charge in [-0.2, -0.15) is 0 Å². The molecule has 3 aliphatic rings. The lowest BCUT2D eigenvalue weighted by atomic mass is 9.70. The van der Waals surface area contributed by atoms with E-state index in [0.29, 0.717) is 0 Å². The molecule has 0 saturated heterocycles. The van der Waals surface area contributed by atoms with Crippen molar-refractivity contribution in [2.45, 2.75) is 5.41 Å². The first-order valence-electron chi connectivity index (χ1n) is 20.4. The number of fused-ring (bicyclic) bond motifs is 16. The summed E-state index contributed by atoms with van der Waals surface area (Å²) in [6.45, 7) is 0. The van der Waals surface area contributed by atoms with Crippen molar-refractivity contribution in [3.05, 3.63) is 216 Å². The molecule has 2 aliphatic carbocycles. The van der Waals surface area contributed by atoms with Crippen LogP contribution >= 0.6 is 0 Å². The molecule has 11 aromatic rings. The lowest BCUT2D eigenvalue weighted by Gasteiger charge is -2.31. The van der Waals surface area contributed by atoms with Gasteiger partial charge in [-0.25, -0.2) is 0 Å². The summed E-state index contributed by atoms with van der Waals surface area (Å²) < 4.78 is 12.9. The molecule has 2 nitrogen and oxygen atoms in total. The van der Waals surface area contributed by atoms with Crippen LogP contribution in [0.5, 0.6) is 11.5 Å². The highest BCUT2D eigenvalue weighted by Gasteiger charge is 2.51. The molecule has 0 atom stereocenters. The van der Waals surface area contributed by atoms with E-state index in [1.54, 1.807) is 0 Å². The Bertz CT molecular complexity index is 3610. The summed E-state index contributed by atoms with van der Waals surface area (Å²) in [5.41, 5.74) is 18.9. The molecule has 2 heteroatoms. The van der Waals surface area contributed by atoms with Crippen LogP contribution in [-0.2, 0) is 5.41 Å². The Hall–Kier alpha value is -7.68. The second kappa shape index (κ2) is 11.2. The molecule has 1 aromatic heterocycles. The Morgan fingerprint density at radius 3 is 1.81 bits per heavy atom. The molecular weight excluding hydrogens is 717 g/mol. The van der Waals surface area contributed by atoms with E-state index in [1.165, 1.54) is 88.3 Å². The Morgan fingerprint density at radius 2 is 0.949 bits per heavy atom. The molecule has 0 saturated carbocycles. The van der Waals surface area contributed by atoms with Crippen molar-refractivity contribution in [2.24, 2.45) is 0 Å². The number of furan rings is 1. The van der Waals surface area contributed by atoms with E-state index in [-0.39, 0.29) is 0 Å². The van der Waals surface area contributed by atoms with Crippen LogP contribution in [0.2, 0.25) is 0 Å². The summed E-state index contributed by atoms with van der Waals surface area (Å²) in [5, 5.41) is 7.11. The first-order chi connectivity index (χ1) is 29.2. The highest BCUT2D eigenvalue weighted by molar-refractivity contribution is 6.09. The molecule has 0 amide bonds. The second-order valence-electron chi connectivity index (χ2n) is 16.3. The van der Waals surface area contributed by atoms with E-state index >= 15 is 0 Å². The van der Waals surface area contributed by atoms with Crippen molar-refractivity contribution in [3.8, 4) is 67.1 Å². The number of benzene rings is 10.